The van der Waals surface area contributed by atoms with E-state index in [-0.39, 0.29) is 29.6 Å². The number of carbonyl (C=O) groups is 5. The monoisotopic (exact) mass is 569 g/mol. The van der Waals surface area contributed by atoms with Crippen molar-refractivity contribution in [1.29, 1.82) is 0 Å². The van der Waals surface area contributed by atoms with Crippen molar-refractivity contribution >= 4 is 29.0 Å². The fraction of sp³-hybridized carbons (Fsp3) is 0.633. The topological polar surface area (TPSA) is 168 Å². The number of ether oxygens (including phenoxy) is 1. The molecule has 1 aromatic carbocycles. The van der Waals surface area contributed by atoms with Crippen LogP contribution in [0.3, 0.4) is 0 Å². The molecule has 5 rings (SSSR count). The number of fused-ring (bicyclic) bond motifs is 3. The number of methoxy groups -OCH3 is 1. The van der Waals surface area contributed by atoms with Crippen LogP contribution >= 0.6 is 0 Å². The minimum absolute atomic E-state index is 0.00163. The van der Waals surface area contributed by atoms with Gasteiger partial charge in [0.2, 0.25) is 5.91 Å². The second-order valence-corrected chi connectivity index (χ2v) is 13.2. The van der Waals surface area contributed by atoms with Gasteiger partial charge in [0.1, 0.15) is 11.5 Å². The number of phenolic OH excluding ortho intramolecular Hbond substituents is 1. The molecule has 11 nitrogen and oxygen atoms in total. The number of nitrogens with two attached hydrogens (primary N) is 1. The van der Waals surface area contributed by atoms with Crippen LogP contribution < -0.4 is 10.5 Å². The Morgan fingerprint density at radius 2 is 1.88 bits per heavy atom. The molecule has 3 fully saturated rings. The van der Waals surface area contributed by atoms with E-state index in [1.165, 1.54) is 18.1 Å². The first-order chi connectivity index (χ1) is 19.1. The van der Waals surface area contributed by atoms with E-state index in [1.807, 2.05) is 0 Å². The van der Waals surface area contributed by atoms with Crippen molar-refractivity contribution in [3.05, 3.63) is 22.8 Å². The Balaban J connectivity index is 1.57. The molecule has 0 aromatic heterocycles. The van der Waals surface area contributed by atoms with Crippen molar-refractivity contribution < 1.29 is 38.9 Å². The van der Waals surface area contributed by atoms with Crippen LogP contribution in [0.4, 0.5) is 0 Å². The number of ketones is 4. The van der Waals surface area contributed by atoms with E-state index >= 15 is 0 Å². The maximum atomic E-state index is 14.0. The number of primary amides is 1. The third kappa shape index (κ3) is 4.40. The number of carbonyl (C=O) groups excluding carboxylic acids is 5. The number of rotatable bonds is 5. The maximum absolute atomic E-state index is 14.0. The summed E-state index contributed by atoms with van der Waals surface area (Å²) in [6, 6.07) is 0.360. The van der Waals surface area contributed by atoms with Gasteiger partial charge in [0.25, 0.3) is 0 Å². The first-order valence-corrected chi connectivity index (χ1v) is 14.1. The molecule has 3 aliphatic carbocycles. The number of piperidine rings is 1. The van der Waals surface area contributed by atoms with Gasteiger partial charge in [-0.25, -0.2) is 0 Å². The van der Waals surface area contributed by atoms with Gasteiger partial charge in [-0.1, -0.05) is 13.8 Å². The lowest BCUT2D eigenvalue weighted by molar-refractivity contribution is -0.181. The Hall–Kier alpha value is -3.15. The van der Waals surface area contributed by atoms with Crippen molar-refractivity contribution in [3.63, 3.8) is 0 Å². The summed E-state index contributed by atoms with van der Waals surface area (Å²) in [7, 11) is 4.62. The fourth-order valence-corrected chi connectivity index (χ4v) is 8.01. The zero-order chi connectivity index (χ0) is 30.2. The number of hydrogen-bond acceptors (Lipinski definition) is 10. The highest BCUT2D eigenvalue weighted by Gasteiger charge is 2.69. The number of aromatic hydroxyl groups is 1. The van der Waals surface area contributed by atoms with E-state index in [0.29, 0.717) is 17.9 Å². The van der Waals surface area contributed by atoms with Crippen LogP contribution in [0.2, 0.25) is 0 Å². The molecule has 0 spiro atoms. The molecular formula is C30H39N3O8. The Morgan fingerprint density at radius 3 is 2.46 bits per heavy atom. The first-order valence-electron chi connectivity index (χ1n) is 14.1. The number of likely N-dealkylation sites (tertiary alicyclic amines) is 1. The van der Waals surface area contributed by atoms with Gasteiger partial charge in [-0.05, 0) is 63.7 Å². The minimum atomic E-state index is -2.74. The summed E-state index contributed by atoms with van der Waals surface area (Å²) in [6.45, 7) is 6.70. The van der Waals surface area contributed by atoms with Crippen LogP contribution in [0.1, 0.15) is 54.6 Å². The lowest BCUT2D eigenvalue weighted by Gasteiger charge is -2.52. The molecule has 0 bridgehead atoms. The molecule has 6 atom stereocenters. The van der Waals surface area contributed by atoms with E-state index in [0.717, 1.165) is 31.5 Å². The van der Waals surface area contributed by atoms with Crippen LogP contribution in [0.15, 0.2) is 6.07 Å². The average molecular weight is 570 g/mol. The summed E-state index contributed by atoms with van der Waals surface area (Å²) in [5.41, 5.74) is 3.93. The van der Waals surface area contributed by atoms with Gasteiger partial charge in [-0.15, -0.1) is 0 Å². The number of nitrogens with zero attached hydrogens (tertiary/aromatic N) is 2. The van der Waals surface area contributed by atoms with Crippen LogP contribution in [0.5, 0.6) is 11.5 Å². The van der Waals surface area contributed by atoms with Gasteiger partial charge in [-0.2, -0.15) is 0 Å². The van der Waals surface area contributed by atoms with Gasteiger partial charge >= 0.3 is 0 Å². The first kappa shape index (κ1) is 29.3. The molecule has 0 radical (unpaired) electrons. The van der Waals surface area contributed by atoms with Crippen molar-refractivity contribution in [2.24, 2.45) is 34.8 Å². The maximum Gasteiger partial charge on any atom is 0.235 e. The predicted octanol–water partition coefficient (Wildman–Crippen LogP) is 0.498. The van der Waals surface area contributed by atoms with Gasteiger partial charge in [0.05, 0.1) is 24.6 Å². The van der Waals surface area contributed by atoms with Crippen LogP contribution in [-0.2, 0) is 32.1 Å². The van der Waals surface area contributed by atoms with Crippen LogP contribution in [0, 0.1) is 29.1 Å². The standard InChI is InChI=1S/C30H39N3O8/c1-29(2)7-6-8-33(13-29)12-15-11-18(34)20-16(25(15)41-5)9-14-10-17-22(32(3)4)24(36)21(28(31)39)27(38)30(17,40)26(37)19(14)23(20)35/h11,14,17,19,21-22,34,40H,6-10,12-13H2,1-5H3,(H2,31,39)/t14-,17-,19?,21?,22-,30-/m0/s1. The zero-order valence-corrected chi connectivity index (χ0v) is 24.2. The SMILES string of the molecule is COc1c(CN2CCCC(C)(C)C2)cc(O)c2c1C[C@H]1C[C@H]3[C@H](N(C)C)C(=O)C(C(N)=O)C(=O)[C@@]3(O)C(=O)C1C2=O. The second-order valence-electron chi connectivity index (χ2n) is 13.2. The summed E-state index contributed by atoms with van der Waals surface area (Å²) in [6.07, 6.45) is 2.33. The largest absolute Gasteiger partial charge is 0.507 e. The lowest BCUT2D eigenvalue weighted by atomic mass is 9.52. The number of amides is 1. The molecule has 2 unspecified atom stereocenters. The summed E-state index contributed by atoms with van der Waals surface area (Å²) in [5.74, 6) is -10.1. The highest BCUT2D eigenvalue weighted by Crippen LogP contribution is 2.52. The third-order valence-corrected chi connectivity index (χ3v) is 9.67. The summed E-state index contributed by atoms with van der Waals surface area (Å²) >= 11 is 0. The van der Waals surface area contributed by atoms with E-state index < -0.39 is 64.4 Å². The Morgan fingerprint density at radius 1 is 1.20 bits per heavy atom. The molecular weight excluding hydrogens is 530 g/mol. The van der Waals surface area contributed by atoms with Crippen LogP contribution in [-0.4, -0.2) is 95.0 Å². The number of hydrogen-bond donors (Lipinski definition) is 3. The molecule has 4 N–H and O–H groups in total. The molecule has 2 saturated carbocycles. The van der Waals surface area contributed by atoms with Crippen LogP contribution in [0.25, 0.3) is 0 Å². The highest BCUT2D eigenvalue weighted by atomic mass is 16.5. The second kappa shape index (κ2) is 9.99. The van der Waals surface area contributed by atoms with Gasteiger partial charge in [0.15, 0.2) is 34.7 Å². The molecule has 222 valence electrons. The molecule has 41 heavy (non-hydrogen) atoms. The van der Waals surface area contributed by atoms with E-state index in [4.69, 9.17) is 10.5 Å². The molecule has 11 heteroatoms. The Bertz CT molecular complexity index is 1350. The van der Waals surface area contributed by atoms with E-state index in [1.54, 1.807) is 14.1 Å². The number of likely N-dealkylation sites (N-methyl/N-ethyl adjacent to an activating group) is 1. The third-order valence-electron chi connectivity index (χ3n) is 9.67. The van der Waals surface area contributed by atoms with E-state index in [2.05, 4.69) is 18.7 Å². The van der Waals surface area contributed by atoms with Crippen molar-refractivity contribution in [1.82, 2.24) is 9.80 Å². The molecule has 1 aromatic rings. The number of phenols is 1. The van der Waals surface area contributed by atoms with Crippen molar-refractivity contribution in [2.75, 3.05) is 34.3 Å². The smallest absolute Gasteiger partial charge is 0.235 e. The predicted molar refractivity (Wildman–Crippen MR) is 146 cm³/mol. The number of aliphatic hydroxyl groups is 1. The summed E-state index contributed by atoms with van der Waals surface area (Å²) in [4.78, 5) is 70.4. The Kier molecular flexibility index (Phi) is 7.15. The highest BCUT2D eigenvalue weighted by molar-refractivity contribution is 6.32. The van der Waals surface area contributed by atoms with Gasteiger partial charge in [-0.3, -0.25) is 33.8 Å². The minimum Gasteiger partial charge on any atom is -0.507 e. The zero-order valence-electron chi connectivity index (χ0n) is 24.2. The number of benzene rings is 1. The Labute approximate surface area is 239 Å². The molecule has 4 aliphatic rings. The number of Topliss-reactive ketones (excluding diaryl/α,β-unsaturated/α-hetero) is 4. The lowest BCUT2D eigenvalue weighted by Crippen LogP contribution is -2.74. The quantitative estimate of drug-likeness (QED) is 0.425. The van der Waals surface area contributed by atoms with E-state index in [9.17, 15) is 34.2 Å². The summed E-state index contributed by atoms with van der Waals surface area (Å²) < 4.78 is 5.82. The molecule has 1 amide bonds. The fourth-order valence-electron chi connectivity index (χ4n) is 8.01. The van der Waals surface area contributed by atoms with Gasteiger partial charge in [0, 0.05) is 30.1 Å². The molecule has 1 saturated heterocycles. The van der Waals surface area contributed by atoms with Gasteiger partial charge < -0.3 is 20.7 Å². The van der Waals surface area contributed by atoms with Crippen molar-refractivity contribution in [3.8, 4) is 11.5 Å². The normalized spacial score (nSPS) is 33.3. The van der Waals surface area contributed by atoms with Crippen molar-refractivity contribution in [2.45, 2.75) is 57.7 Å². The molecule has 1 heterocycles. The average Bonchev–Trinajstić information content (AvgIpc) is 2.85. The molecule has 1 aliphatic heterocycles. The summed E-state index contributed by atoms with van der Waals surface area (Å²) in [5, 5.41) is 22.8.